The van der Waals surface area contributed by atoms with Crippen molar-refractivity contribution in [1.82, 2.24) is 0 Å². The van der Waals surface area contributed by atoms with Crippen LogP contribution in [0.25, 0.3) is 0 Å². The second-order valence-electron chi connectivity index (χ2n) is 6.52. The molecule has 0 aliphatic carbocycles. The number of hydrogen-bond acceptors (Lipinski definition) is 3. The predicted octanol–water partition coefficient (Wildman–Crippen LogP) is 7.03. The van der Waals surface area contributed by atoms with Crippen molar-refractivity contribution in [3.63, 3.8) is 0 Å². The Morgan fingerprint density at radius 1 is 0.889 bits per heavy atom. The Morgan fingerprint density at radius 2 is 1.56 bits per heavy atom. The first-order valence-corrected chi connectivity index (χ1v) is 10.6. The van der Waals surface area contributed by atoms with Gasteiger partial charge < -0.3 is 4.90 Å². The fourth-order valence-corrected chi connectivity index (χ4v) is 3.54. The van der Waals surface area contributed by atoms with E-state index >= 15 is 0 Å². The van der Waals surface area contributed by atoms with Crippen molar-refractivity contribution >= 4 is 35.1 Å². The number of anilines is 3. The molecule has 138 valence electrons. The van der Waals surface area contributed by atoms with Gasteiger partial charge in [0.15, 0.2) is 0 Å². The highest BCUT2D eigenvalue weighted by Crippen LogP contribution is 2.36. The van der Waals surface area contributed by atoms with Gasteiger partial charge in [-0.15, -0.1) is 11.8 Å². The summed E-state index contributed by atoms with van der Waals surface area (Å²) >= 11 is 1.74. The van der Waals surface area contributed by atoms with E-state index in [2.05, 4.69) is 66.6 Å². The Balaban J connectivity index is 2.01. The molecule has 0 unspecified atom stereocenters. The van der Waals surface area contributed by atoms with Gasteiger partial charge in [0.25, 0.3) is 0 Å². The van der Waals surface area contributed by atoms with Gasteiger partial charge in [-0.2, -0.15) is 0 Å². The fraction of sp³-hybridized carbons (Fsp3) is 0.208. The largest absolute Gasteiger partial charge is 0.310 e. The molecule has 0 radical (unpaired) electrons. The fourth-order valence-electron chi connectivity index (χ4n) is 3.09. The molecule has 0 aliphatic rings. The van der Waals surface area contributed by atoms with Crippen molar-refractivity contribution in [2.75, 3.05) is 11.2 Å². The van der Waals surface area contributed by atoms with Crippen molar-refractivity contribution in [3.05, 3.63) is 83.9 Å². The van der Waals surface area contributed by atoms with Gasteiger partial charge in [-0.1, -0.05) is 31.5 Å². The van der Waals surface area contributed by atoms with Gasteiger partial charge in [-0.05, 0) is 79.3 Å². The highest BCUT2D eigenvalue weighted by atomic mass is 32.2. The number of thioether (sulfide) groups is 1. The van der Waals surface area contributed by atoms with Crippen molar-refractivity contribution in [2.24, 2.45) is 0 Å². The maximum atomic E-state index is 11.0. The predicted molar refractivity (Wildman–Crippen MR) is 117 cm³/mol. The number of carbonyl (C=O) groups is 1. The maximum Gasteiger partial charge on any atom is 0.150 e. The van der Waals surface area contributed by atoms with Gasteiger partial charge in [0.2, 0.25) is 0 Å². The van der Waals surface area contributed by atoms with Gasteiger partial charge in [0.1, 0.15) is 6.29 Å². The second kappa shape index (κ2) is 9.43. The van der Waals surface area contributed by atoms with E-state index in [1.165, 1.54) is 23.3 Å². The zero-order valence-corrected chi connectivity index (χ0v) is 16.7. The summed E-state index contributed by atoms with van der Waals surface area (Å²) in [4.78, 5) is 14.5. The number of nitrogens with zero attached hydrogens (tertiary/aromatic N) is 1. The monoisotopic (exact) mass is 375 g/mol. The molecular formula is C24H25NOS. The van der Waals surface area contributed by atoms with E-state index in [4.69, 9.17) is 0 Å². The molecule has 0 spiro atoms. The first-order chi connectivity index (χ1) is 13.2. The Hall–Kier alpha value is -2.52. The minimum absolute atomic E-state index is 0.687. The number of rotatable bonds is 8. The van der Waals surface area contributed by atoms with E-state index in [0.29, 0.717) is 5.56 Å². The summed E-state index contributed by atoms with van der Waals surface area (Å²) in [6.45, 7) is 2.22. The third-order valence-electron chi connectivity index (χ3n) is 4.61. The molecule has 0 heterocycles. The molecular weight excluding hydrogens is 350 g/mol. The van der Waals surface area contributed by atoms with Crippen LogP contribution >= 0.6 is 11.8 Å². The number of benzene rings is 3. The SMILES string of the molecule is CCCCc1ccc(N(c2ccc(C=O)cc2)c2cccc(SC)c2)cc1. The van der Waals surface area contributed by atoms with Gasteiger partial charge in [-0.3, -0.25) is 4.79 Å². The van der Waals surface area contributed by atoms with Crippen LogP contribution < -0.4 is 4.90 Å². The Bertz CT molecular complexity index is 872. The van der Waals surface area contributed by atoms with Gasteiger partial charge >= 0.3 is 0 Å². The lowest BCUT2D eigenvalue weighted by Gasteiger charge is -2.26. The van der Waals surface area contributed by atoms with Crippen LogP contribution in [0, 0.1) is 0 Å². The molecule has 3 aromatic carbocycles. The minimum atomic E-state index is 0.687. The summed E-state index contributed by atoms with van der Waals surface area (Å²) in [5.41, 5.74) is 5.33. The maximum absolute atomic E-state index is 11.0. The molecule has 0 atom stereocenters. The summed E-state index contributed by atoms with van der Waals surface area (Å²) in [5.74, 6) is 0. The van der Waals surface area contributed by atoms with Crippen LogP contribution in [0.15, 0.2) is 77.7 Å². The highest BCUT2D eigenvalue weighted by Gasteiger charge is 2.13. The van der Waals surface area contributed by atoms with Crippen LogP contribution in [0.5, 0.6) is 0 Å². The first kappa shape index (κ1) is 19.2. The lowest BCUT2D eigenvalue weighted by molar-refractivity contribution is 0.112. The second-order valence-corrected chi connectivity index (χ2v) is 7.40. The Morgan fingerprint density at radius 3 is 2.15 bits per heavy atom. The van der Waals surface area contributed by atoms with E-state index in [1.807, 2.05) is 24.3 Å². The van der Waals surface area contributed by atoms with Gasteiger partial charge in [-0.25, -0.2) is 0 Å². The number of carbonyl (C=O) groups excluding carboxylic acids is 1. The van der Waals surface area contributed by atoms with Crippen molar-refractivity contribution in [3.8, 4) is 0 Å². The molecule has 3 rings (SSSR count). The molecule has 0 saturated carbocycles. The normalized spacial score (nSPS) is 10.6. The summed E-state index contributed by atoms with van der Waals surface area (Å²) in [6.07, 6.45) is 6.51. The van der Waals surface area contributed by atoms with Crippen molar-refractivity contribution < 1.29 is 4.79 Å². The quantitative estimate of drug-likeness (QED) is 0.311. The molecule has 0 amide bonds. The Labute approximate surface area is 166 Å². The molecule has 0 aromatic heterocycles. The Kier molecular flexibility index (Phi) is 6.72. The van der Waals surface area contributed by atoms with Crippen LogP contribution in [0.1, 0.15) is 35.7 Å². The highest BCUT2D eigenvalue weighted by molar-refractivity contribution is 7.98. The minimum Gasteiger partial charge on any atom is -0.310 e. The standard InChI is InChI=1S/C24H25NOS/c1-3-4-6-19-9-13-21(14-10-19)25(22-15-11-20(18-26)12-16-22)23-7-5-8-24(17-23)27-2/h5,7-18H,3-4,6H2,1-2H3. The average molecular weight is 376 g/mol. The van der Waals surface area contributed by atoms with Crippen LogP contribution in [-0.4, -0.2) is 12.5 Å². The summed E-state index contributed by atoms with van der Waals surface area (Å²) in [7, 11) is 0. The first-order valence-electron chi connectivity index (χ1n) is 9.33. The molecule has 2 nitrogen and oxygen atoms in total. The molecule has 0 bridgehead atoms. The number of unbranched alkanes of at least 4 members (excludes halogenated alkanes) is 1. The third-order valence-corrected chi connectivity index (χ3v) is 5.34. The topological polar surface area (TPSA) is 20.3 Å². The molecule has 3 aromatic rings. The smallest absolute Gasteiger partial charge is 0.150 e. The van der Waals surface area contributed by atoms with E-state index in [0.717, 1.165) is 29.8 Å². The van der Waals surface area contributed by atoms with Crippen LogP contribution in [0.2, 0.25) is 0 Å². The van der Waals surface area contributed by atoms with Crippen molar-refractivity contribution in [2.45, 2.75) is 31.1 Å². The van der Waals surface area contributed by atoms with Crippen LogP contribution in [0.3, 0.4) is 0 Å². The molecule has 0 aliphatic heterocycles. The zero-order chi connectivity index (χ0) is 19.1. The van der Waals surface area contributed by atoms with Crippen LogP contribution in [0.4, 0.5) is 17.1 Å². The lowest BCUT2D eigenvalue weighted by atomic mass is 10.1. The number of aryl methyl sites for hydroxylation is 1. The van der Waals surface area contributed by atoms with Crippen molar-refractivity contribution in [1.29, 1.82) is 0 Å². The lowest BCUT2D eigenvalue weighted by Crippen LogP contribution is -2.10. The number of aldehydes is 1. The van der Waals surface area contributed by atoms with E-state index in [1.54, 1.807) is 11.8 Å². The summed E-state index contributed by atoms with van der Waals surface area (Å²) in [6, 6.07) is 25.1. The molecule has 0 fully saturated rings. The zero-order valence-electron chi connectivity index (χ0n) is 15.9. The van der Waals surface area contributed by atoms with E-state index in [-0.39, 0.29) is 0 Å². The average Bonchev–Trinajstić information content (AvgIpc) is 2.74. The van der Waals surface area contributed by atoms with E-state index < -0.39 is 0 Å². The third kappa shape index (κ3) is 4.81. The number of hydrogen-bond donors (Lipinski definition) is 0. The van der Waals surface area contributed by atoms with Gasteiger partial charge in [0.05, 0.1) is 0 Å². The molecule has 3 heteroatoms. The summed E-state index contributed by atoms with van der Waals surface area (Å²) in [5, 5.41) is 0. The molecule has 27 heavy (non-hydrogen) atoms. The molecule has 0 saturated heterocycles. The van der Waals surface area contributed by atoms with Crippen LogP contribution in [-0.2, 0) is 6.42 Å². The molecule has 0 N–H and O–H groups in total. The van der Waals surface area contributed by atoms with Gasteiger partial charge in [0, 0.05) is 27.5 Å². The van der Waals surface area contributed by atoms with E-state index in [9.17, 15) is 4.79 Å². The summed E-state index contributed by atoms with van der Waals surface area (Å²) < 4.78 is 0.